The number of carbonyl (C=O) groups is 1. The number of fused-ring (bicyclic) bond motifs is 2. The van der Waals surface area contributed by atoms with Gasteiger partial charge in [0.2, 0.25) is 5.91 Å². The van der Waals surface area contributed by atoms with Crippen LogP contribution in [0.1, 0.15) is 37.7 Å². The van der Waals surface area contributed by atoms with E-state index in [1.807, 2.05) is 6.07 Å². The summed E-state index contributed by atoms with van der Waals surface area (Å²) in [4.78, 5) is 14.8. The molecule has 3 heteroatoms. The fraction of sp³-hybridized carbons (Fsp3) is 0.611. The van der Waals surface area contributed by atoms with E-state index in [-0.39, 0.29) is 6.04 Å². The monoisotopic (exact) mass is 284 g/mol. The van der Waals surface area contributed by atoms with E-state index in [0.29, 0.717) is 11.9 Å². The van der Waals surface area contributed by atoms with Crippen molar-refractivity contribution in [3.63, 3.8) is 0 Å². The molecule has 2 bridgehead atoms. The third-order valence-electron chi connectivity index (χ3n) is 5.75. The number of rotatable bonds is 4. The topological polar surface area (TPSA) is 32.3 Å². The Labute approximate surface area is 126 Å². The van der Waals surface area contributed by atoms with Crippen molar-refractivity contribution >= 4 is 5.91 Å². The van der Waals surface area contributed by atoms with Crippen molar-refractivity contribution in [3.8, 4) is 0 Å². The smallest absolute Gasteiger partial charge is 0.241 e. The molecule has 3 fully saturated rings. The molecule has 4 atom stereocenters. The number of nitrogens with one attached hydrogen (secondary N) is 1. The van der Waals surface area contributed by atoms with E-state index in [0.717, 1.165) is 31.3 Å². The summed E-state index contributed by atoms with van der Waals surface area (Å²) in [5.41, 5.74) is 1.32. The molecule has 1 amide bonds. The molecule has 1 aliphatic heterocycles. The minimum absolute atomic E-state index is 0.0318. The number of hydrogen-bond donors (Lipinski definition) is 1. The molecular weight excluding hydrogens is 260 g/mol. The Morgan fingerprint density at radius 2 is 2.00 bits per heavy atom. The van der Waals surface area contributed by atoms with Crippen molar-refractivity contribution in [2.45, 2.75) is 50.6 Å². The first-order chi connectivity index (χ1) is 10.3. The molecule has 1 heterocycles. The first kappa shape index (κ1) is 13.3. The van der Waals surface area contributed by atoms with Gasteiger partial charge in [-0.15, -0.1) is 0 Å². The van der Waals surface area contributed by atoms with Gasteiger partial charge in [0.1, 0.15) is 0 Å². The number of nitrogens with zero attached hydrogens (tertiary/aromatic N) is 1. The molecule has 4 unspecified atom stereocenters. The first-order valence-electron chi connectivity index (χ1n) is 8.39. The zero-order chi connectivity index (χ0) is 14.2. The Kier molecular flexibility index (Phi) is 3.46. The molecule has 1 saturated heterocycles. The second kappa shape index (κ2) is 5.45. The molecule has 3 aliphatic rings. The van der Waals surface area contributed by atoms with E-state index < -0.39 is 0 Å². The zero-order valence-electron chi connectivity index (χ0n) is 12.5. The average Bonchev–Trinajstić information content (AvgIpc) is 3.22. The van der Waals surface area contributed by atoms with Gasteiger partial charge in [0.05, 0.1) is 12.7 Å². The van der Waals surface area contributed by atoms with Gasteiger partial charge in [0.25, 0.3) is 0 Å². The SMILES string of the molecule is O=C1C(CCc2ccccc2)NCN1C1CC2CCC1C2. The molecule has 1 aromatic rings. The fourth-order valence-electron chi connectivity index (χ4n) is 4.63. The molecule has 1 aromatic carbocycles. The Morgan fingerprint density at radius 3 is 2.71 bits per heavy atom. The van der Waals surface area contributed by atoms with Crippen molar-refractivity contribution in [1.29, 1.82) is 0 Å². The van der Waals surface area contributed by atoms with Crippen molar-refractivity contribution in [3.05, 3.63) is 35.9 Å². The molecule has 21 heavy (non-hydrogen) atoms. The molecule has 0 radical (unpaired) electrons. The number of amides is 1. The van der Waals surface area contributed by atoms with Crippen LogP contribution >= 0.6 is 0 Å². The van der Waals surface area contributed by atoms with Crippen molar-refractivity contribution in [2.24, 2.45) is 11.8 Å². The van der Waals surface area contributed by atoms with Crippen LogP contribution in [0.25, 0.3) is 0 Å². The van der Waals surface area contributed by atoms with Crippen molar-refractivity contribution < 1.29 is 4.79 Å². The Hall–Kier alpha value is -1.35. The van der Waals surface area contributed by atoms with Crippen LogP contribution in [-0.4, -0.2) is 29.6 Å². The average molecular weight is 284 g/mol. The molecule has 112 valence electrons. The summed E-state index contributed by atoms with van der Waals surface area (Å²) in [6.07, 6.45) is 7.25. The van der Waals surface area contributed by atoms with E-state index in [1.165, 1.54) is 31.2 Å². The maximum absolute atomic E-state index is 12.7. The van der Waals surface area contributed by atoms with Gasteiger partial charge in [-0.2, -0.15) is 0 Å². The van der Waals surface area contributed by atoms with E-state index in [4.69, 9.17) is 0 Å². The van der Waals surface area contributed by atoms with Gasteiger partial charge in [0.15, 0.2) is 0 Å². The van der Waals surface area contributed by atoms with Crippen LogP contribution in [0.2, 0.25) is 0 Å². The maximum Gasteiger partial charge on any atom is 0.241 e. The van der Waals surface area contributed by atoms with Crippen LogP contribution in [0, 0.1) is 11.8 Å². The third-order valence-corrected chi connectivity index (χ3v) is 5.75. The molecule has 0 aromatic heterocycles. The van der Waals surface area contributed by atoms with Crippen LogP contribution in [0.5, 0.6) is 0 Å². The minimum atomic E-state index is 0.0318. The Bertz CT molecular complexity index is 515. The predicted octanol–water partition coefficient (Wildman–Crippen LogP) is 2.57. The maximum atomic E-state index is 12.7. The van der Waals surface area contributed by atoms with Gasteiger partial charge in [-0.05, 0) is 49.5 Å². The second-order valence-electron chi connectivity index (χ2n) is 6.99. The number of benzene rings is 1. The minimum Gasteiger partial charge on any atom is -0.325 e. The zero-order valence-corrected chi connectivity index (χ0v) is 12.5. The Balaban J connectivity index is 1.35. The lowest BCUT2D eigenvalue weighted by molar-refractivity contribution is -0.131. The summed E-state index contributed by atoms with van der Waals surface area (Å²) in [5.74, 6) is 2.04. The van der Waals surface area contributed by atoms with Gasteiger partial charge in [-0.25, -0.2) is 0 Å². The molecular formula is C18H24N2O. The van der Waals surface area contributed by atoms with Gasteiger partial charge in [-0.1, -0.05) is 36.8 Å². The van der Waals surface area contributed by atoms with Gasteiger partial charge in [-0.3, -0.25) is 10.1 Å². The predicted molar refractivity (Wildman–Crippen MR) is 82.6 cm³/mol. The highest BCUT2D eigenvalue weighted by Crippen LogP contribution is 2.47. The van der Waals surface area contributed by atoms with Crippen LogP contribution in [0.15, 0.2) is 30.3 Å². The third kappa shape index (κ3) is 2.48. The standard InChI is InChI=1S/C18H24N2O/c21-18-16(9-7-13-4-2-1-3-5-13)19-12-20(18)17-11-14-6-8-15(17)10-14/h1-5,14-17,19H,6-12H2. The molecule has 2 aliphatic carbocycles. The van der Waals surface area contributed by atoms with E-state index in [1.54, 1.807) is 0 Å². The summed E-state index contributed by atoms with van der Waals surface area (Å²) in [7, 11) is 0. The van der Waals surface area contributed by atoms with E-state index >= 15 is 0 Å². The number of carbonyl (C=O) groups excluding carboxylic acids is 1. The van der Waals surface area contributed by atoms with E-state index in [2.05, 4.69) is 34.5 Å². The van der Waals surface area contributed by atoms with Crippen LogP contribution < -0.4 is 5.32 Å². The largest absolute Gasteiger partial charge is 0.325 e. The lowest BCUT2D eigenvalue weighted by Gasteiger charge is -2.30. The number of aryl methyl sites for hydroxylation is 1. The van der Waals surface area contributed by atoms with Crippen LogP contribution in [0.4, 0.5) is 0 Å². The highest BCUT2D eigenvalue weighted by Gasteiger charge is 2.46. The Morgan fingerprint density at radius 1 is 1.14 bits per heavy atom. The van der Waals surface area contributed by atoms with Crippen LogP contribution in [0.3, 0.4) is 0 Å². The summed E-state index contributed by atoms with van der Waals surface area (Å²) >= 11 is 0. The summed E-state index contributed by atoms with van der Waals surface area (Å²) in [6.45, 7) is 0.770. The highest BCUT2D eigenvalue weighted by atomic mass is 16.2. The quantitative estimate of drug-likeness (QED) is 0.921. The molecule has 4 rings (SSSR count). The fourth-order valence-corrected chi connectivity index (χ4v) is 4.63. The lowest BCUT2D eigenvalue weighted by Crippen LogP contribution is -2.41. The van der Waals surface area contributed by atoms with Crippen molar-refractivity contribution in [2.75, 3.05) is 6.67 Å². The first-order valence-corrected chi connectivity index (χ1v) is 8.39. The van der Waals surface area contributed by atoms with Gasteiger partial charge >= 0.3 is 0 Å². The summed E-state index contributed by atoms with van der Waals surface area (Å²) in [5, 5.41) is 3.44. The molecule has 0 spiro atoms. The van der Waals surface area contributed by atoms with Gasteiger partial charge in [0, 0.05) is 6.04 Å². The normalized spacial score (nSPS) is 34.9. The molecule has 1 N–H and O–H groups in total. The van der Waals surface area contributed by atoms with Crippen molar-refractivity contribution in [1.82, 2.24) is 10.2 Å². The van der Waals surface area contributed by atoms with Crippen LogP contribution in [-0.2, 0) is 11.2 Å². The second-order valence-corrected chi connectivity index (χ2v) is 6.99. The summed E-state index contributed by atoms with van der Waals surface area (Å²) < 4.78 is 0. The number of hydrogen-bond acceptors (Lipinski definition) is 2. The lowest BCUT2D eigenvalue weighted by atomic mass is 9.94. The molecule has 3 nitrogen and oxygen atoms in total. The molecule has 2 saturated carbocycles. The summed E-state index contributed by atoms with van der Waals surface area (Å²) in [6, 6.07) is 11.0. The van der Waals surface area contributed by atoms with Gasteiger partial charge < -0.3 is 4.90 Å². The van der Waals surface area contributed by atoms with E-state index in [9.17, 15) is 4.79 Å². The highest BCUT2D eigenvalue weighted by molar-refractivity contribution is 5.84.